The normalized spacial score (nSPS) is 20.0. The minimum atomic E-state index is -0.227. The summed E-state index contributed by atoms with van der Waals surface area (Å²) in [5.74, 6) is -0.207. The minimum Gasteiger partial charge on any atom is -0.449 e. The van der Waals surface area contributed by atoms with Gasteiger partial charge in [-0.2, -0.15) is 0 Å². The molecule has 0 saturated carbocycles. The van der Waals surface area contributed by atoms with E-state index in [2.05, 4.69) is 18.2 Å². The predicted octanol–water partition coefficient (Wildman–Crippen LogP) is 3.44. The van der Waals surface area contributed by atoms with Gasteiger partial charge in [-0.25, -0.2) is 4.79 Å². The lowest BCUT2D eigenvalue weighted by Crippen LogP contribution is -2.01. The fourth-order valence-electron chi connectivity index (χ4n) is 3.15. The Bertz CT molecular complexity index is 673. The van der Waals surface area contributed by atoms with Crippen molar-refractivity contribution in [3.8, 4) is 0 Å². The van der Waals surface area contributed by atoms with E-state index in [4.69, 9.17) is 4.74 Å². The average molecular weight is 250 g/mol. The predicted molar refractivity (Wildman–Crippen MR) is 72.2 cm³/mol. The molecule has 0 aromatic heterocycles. The van der Waals surface area contributed by atoms with E-state index in [0.717, 1.165) is 17.5 Å². The first kappa shape index (κ1) is 10.8. The van der Waals surface area contributed by atoms with Gasteiger partial charge in [0.15, 0.2) is 6.10 Å². The molecule has 0 N–H and O–H groups in total. The SMILES string of the molecule is O=C1O[C@@H](c2ccc3c(c2)CCC3)c2ccccc21. The van der Waals surface area contributed by atoms with Crippen LogP contribution in [0.2, 0.25) is 0 Å². The summed E-state index contributed by atoms with van der Waals surface area (Å²) in [6.45, 7) is 0. The molecule has 0 saturated heterocycles. The van der Waals surface area contributed by atoms with Crippen LogP contribution in [0.15, 0.2) is 42.5 Å². The zero-order valence-corrected chi connectivity index (χ0v) is 10.6. The molecule has 1 aliphatic carbocycles. The lowest BCUT2D eigenvalue weighted by molar-refractivity contribution is 0.0455. The molecule has 2 aromatic rings. The van der Waals surface area contributed by atoms with Crippen LogP contribution in [0.3, 0.4) is 0 Å². The summed E-state index contributed by atoms with van der Waals surface area (Å²) in [7, 11) is 0. The van der Waals surface area contributed by atoms with Crippen LogP contribution in [0.5, 0.6) is 0 Å². The molecule has 1 atom stereocenters. The van der Waals surface area contributed by atoms with Gasteiger partial charge in [-0.15, -0.1) is 0 Å². The highest BCUT2D eigenvalue weighted by molar-refractivity contribution is 5.94. The van der Waals surface area contributed by atoms with Crippen molar-refractivity contribution in [1.29, 1.82) is 0 Å². The van der Waals surface area contributed by atoms with Crippen molar-refractivity contribution in [1.82, 2.24) is 0 Å². The molecule has 0 amide bonds. The van der Waals surface area contributed by atoms with Gasteiger partial charge in [-0.3, -0.25) is 0 Å². The Kier molecular flexibility index (Phi) is 2.25. The maximum atomic E-state index is 11.9. The van der Waals surface area contributed by atoms with E-state index in [1.54, 1.807) is 0 Å². The van der Waals surface area contributed by atoms with E-state index in [1.165, 1.54) is 24.0 Å². The summed E-state index contributed by atoms with van der Waals surface area (Å²) < 4.78 is 5.54. The van der Waals surface area contributed by atoms with Crippen molar-refractivity contribution >= 4 is 5.97 Å². The van der Waals surface area contributed by atoms with Gasteiger partial charge in [0, 0.05) is 5.56 Å². The molecule has 0 spiro atoms. The summed E-state index contributed by atoms with van der Waals surface area (Å²) in [5, 5.41) is 0. The molecular formula is C17H14O2. The standard InChI is InChI=1S/C17H14O2/c18-17-15-7-2-1-6-14(15)16(19-17)13-9-8-11-4-3-5-12(11)10-13/h1-2,6-10,16H,3-5H2/t16-/m0/s1. The van der Waals surface area contributed by atoms with E-state index >= 15 is 0 Å². The van der Waals surface area contributed by atoms with E-state index in [1.807, 2.05) is 24.3 Å². The molecule has 0 unspecified atom stereocenters. The smallest absolute Gasteiger partial charge is 0.339 e. The zero-order valence-electron chi connectivity index (χ0n) is 10.6. The summed E-state index contributed by atoms with van der Waals surface area (Å²) in [4.78, 5) is 11.9. The Balaban J connectivity index is 1.80. The molecule has 19 heavy (non-hydrogen) atoms. The number of carbonyl (C=O) groups is 1. The third-order valence-corrected chi connectivity index (χ3v) is 4.11. The fraction of sp³-hybridized carbons (Fsp3) is 0.235. The number of cyclic esters (lactones) is 1. The molecule has 2 aliphatic rings. The van der Waals surface area contributed by atoms with Gasteiger partial charge in [-0.05, 0) is 42.0 Å². The Morgan fingerprint density at radius 3 is 2.79 bits per heavy atom. The molecule has 1 aliphatic heterocycles. The van der Waals surface area contributed by atoms with E-state index < -0.39 is 0 Å². The van der Waals surface area contributed by atoms with Gasteiger partial charge in [0.25, 0.3) is 0 Å². The number of aryl methyl sites for hydroxylation is 2. The molecule has 0 fully saturated rings. The molecule has 94 valence electrons. The van der Waals surface area contributed by atoms with E-state index in [0.29, 0.717) is 5.56 Å². The number of fused-ring (bicyclic) bond motifs is 2. The first-order valence-electron chi connectivity index (χ1n) is 6.74. The molecule has 0 bridgehead atoms. The Morgan fingerprint density at radius 1 is 1.00 bits per heavy atom. The highest BCUT2D eigenvalue weighted by Crippen LogP contribution is 2.37. The third kappa shape index (κ3) is 1.60. The third-order valence-electron chi connectivity index (χ3n) is 4.11. The van der Waals surface area contributed by atoms with Gasteiger partial charge in [0.05, 0.1) is 5.56 Å². The average Bonchev–Trinajstić information content (AvgIpc) is 3.03. The topological polar surface area (TPSA) is 26.3 Å². The highest BCUT2D eigenvalue weighted by atomic mass is 16.5. The first-order valence-corrected chi connectivity index (χ1v) is 6.74. The van der Waals surface area contributed by atoms with Crippen LogP contribution < -0.4 is 0 Å². The van der Waals surface area contributed by atoms with Crippen LogP contribution in [-0.2, 0) is 17.6 Å². The number of carbonyl (C=O) groups excluding carboxylic acids is 1. The molecule has 4 rings (SSSR count). The number of rotatable bonds is 1. The summed E-state index contributed by atoms with van der Waals surface area (Å²) in [6.07, 6.45) is 3.33. The molecule has 2 nitrogen and oxygen atoms in total. The summed E-state index contributed by atoms with van der Waals surface area (Å²) in [5.41, 5.74) is 5.65. The van der Waals surface area contributed by atoms with Crippen LogP contribution in [0.4, 0.5) is 0 Å². The number of esters is 1. The number of ether oxygens (including phenoxy) is 1. The maximum absolute atomic E-state index is 11.9. The van der Waals surface area contributed by atoms with Crippen LogP contribution in [-0.4, -0.2) is 5.97 Å². The van der Waals surface area contributed by atoms with Gasteiger partial charge in [0.2, 0.25) is 0 Å². The lowest BCUT2D eigenvalue weighted by atomic mass is 9.97. The highest BCUT2D eigenvalue weighted by Gasteiger charge is 2.32. The van der Waals surface area contributed by atoms with Crippen molar-refractivity contribution in [2.45, 2.75) is 25.4 Å². The van der Waals surface area contributed by atoms with Crippen LogP contribution in [0.25, 0.3) is 0 Å². The molecule has 0 radical (unpaired) electrons. The van der Waals surface area contributed by atoms with Crippen molar-refractivity contribution < 1.29 is 9.53 Å². The quantitative estimate of drug-likeness (QED) is 0.725. The van der Waals surface area contributed by atoms with Gasteiger partial charge < -0.3 is 4.74 Å². The number of benzene rings is 2. The monoisotopic (exact) mass is 250 g/mol. The molecule has 2 heteroatoms. The second-order valence-corrected chi connectivity index (χ2v) is 5.25. The van der Waals surface area contributed by atoms with Gasteiger partial charge in [0.1, 0.15) is 0 Å². The number of hydrogen-bond donors (Lipinski definition) is 0. The molecule has 1 heterocycles. The van der Waals surface area contributed by atoms with Crippen LogP contribution in [0, 0.1) is 0 Å². The largest absolute Gasteiger partial charge is 0.449 e. The molecular weight excluding hydrogens is 236 g/mol. The van der Waals surface area contributed by atoms with Crippen molar-refractivity contribution in [3.05, 3.63) is 70.3 Å². The maximum Gasteiger partial charge on any atom is 0.339 e. The second-order valence-electron chi connectivity index (χ2n) is 5.25. The Hall–Kier alpha value is -2.09. The zero-order chi connectivity index (χ0) is 12.8. The van der Waals surface area contributed by atoms with Crippen LogP contribution in [0.1, 0.15) is 45.1 Å². The first-order chi connectivity index (χ1) is 9.33. The number of hydrogen-bond acceptors (Lipinski definition) is 2. The van der Waals surface area contributed by atoms with Gasteiger partial charge >= 0.3 is 5.97 Å². The summed E-state index contributed by atoms with van der Waals surface area (Å²) >= 11 is 0. The fourth-order valence-corrected chi connectivity index (χ4v) is 3.15. The van der Waals surface area contributed by atoms with Crippen molar-refractivity contribution in [2.24, 2.45) is 0 Å². The van der Waals surface area contributed by atoms with E-state index in [-0.39, 0.29) is 12.1 Å². The minimum absolute atomic E-state index is 0.207. The Morgan fingerprint density at radius 2 is 1.84 bits per heavy atom. The molecule has 2 aromatic carbocycles. The second kappa shape index (κ2) is 3.95. The van der Waals surface area contributed by atoms with E-state index in [9.17, 15) is 4.79 Å². The Labute approximate surface area is 112 Å². The van der Waals surface area contributed by atoms with Crippen molar-refractivity contribution in [3.63, 3.8) is 0 Å². The van der Waals surface area contributed by atoms with Crippen LogP contribution >= 0.6 is 0 Å². The van der Waals surface area contributed by atoms with Crippen molar-refractivity contribution in [2.75, 3.05) is 0 Å². The lowest BCUT2D eigenvalue weighted by Gasteiger charge is -2.12. The van der Waals surface area contributed by atoms with Gasteiger partial charge in [-0.1, -0.05) is 36.4 Å². The summed E-state index contributed by atoms with van der Waals surface area (Å²) in [6, 6.07) is 14.2.